The Morgan fingerprint density at radius 2 is 0.468 bits per heavy atom. The molecule has 0 heterocycles. The van der Waals surface area contributed by atoms with Crippen molar-refractivity contribution in [3.63, 3.8) is 0 Å². The average Bonchev–Trinajstić information content (AvgIpc) is 3.43. The molecule has 0 fully saturated rings. The van der Waals surface area contributed by atoms with Crippen LogP contribution < -0.4 is 0 Å². The van der Waals surface area contributed by atoms with Crippen molar-refractivity contribution in [2.75, 3.05) is 13.2 Å². The first-order chi connectivity index (χ1) is 38.0. The summed E-state index contributed by atoms with van der Waals surface area (Å²) in [7, 11) is 0. The van der Waals surface area contributed by atoms with Crippen molar-refractivity contribution in [3.8, 4) is 0 Å². The molecule has 1 atom stereocenters. The molecule has 0 aromatic heterocycles. The molecule has 77 heavy (non-hydrogen) atoms. The number of hydrogen-bond donors (Lipinski definition) is 0. The first kappa shape index (κ1) is 72.3. The quantitative estimate of drug-likeness (QED) is 0.0261. The van der Waals surface area contributed by atoms with Crippen LogP contribution in [0.4, 0.5) is 0 Å². The monoisotopic (exact) mass is 1060 g/mol. The molecule has 0 aliphatic heterocycles. The van der Waals surface area contributed by atoms with Crippen LogP contribution >= 0.6 is 0 Å². The second-order valence-corrected chi connectivity index (χ2v) is 20.2. The third kappa shape index (κ3) is 62.0. The van der Waals surface area contributed by atoms with Gasteiger partial charge < -0.3 is 14.2 Å². The van der Waals surface area contributed by atoms with E-state index in [4.69, 9.17) is 14.2 Å². The lowest BCUT2D eigenvalue weighted by Crippen LogP contribution is -2.30. The van der Waals surface area contributed by atoms with E-state index in [1.165, 1.54) is 83.5 Å². The van der Waals surface area contributed by atoms with Crippen LogP contribution in [0.5, 0.6) is 0 Å². The summed E-state index contributed by atoms with van der Waals surface area (Å²) in [5.41, 5.74) is 0. The standard InChI is InChI=1S/C71H114O6/c1-4-7-10-13-16-19-22-25-28-30-31-32-33-34-35-36-37-38-39-41-43-46-49-52-55-58-61-64-70(73)76-67-68(66-75-69(72)63-60-57-54-51-48-45-42-27-24-21-18-15-12-9-6-3)77-71(74)65-62-59-56-53-50-47-44-40-29-26-23-20-17-14-11-8-5-2/h7-12,16-21,25-29,31-32,34-35,42,48,51,68H,4-6,13-15,22-24,30,33,36-41,43-47,49-50,52-67H2,1-3H3/b10-7-,11-8-,12-9-,19-16-,20-17-,21-18-,28-25-,29-26-,32-31-,35-34-,42-27-,51-48-. The number of carbonyl (C=O) groups excluding carboxylic acids is 3. The molecule has 0 radical (unpaired) electrons. The molecule has 0 spiro atoms. The highest BCUT2D eigenvalue weighted by Gasteiger charge is 2.19. The number of unbranched alkanes of at least 4 members (excludes halogenated alkanes) is 20. The fourth-order valence-corrected chi connectivity index (χ4v) is 8.24. The number of hydrogen-bond acceptors (Lipinski definition) is 6. The fraction of sp³-hybridized carbons (Fsp3) is 0.620. The molecule has 6 nitrogen and oxygen atoms in total. The molecule has 0 aromatic rings. The number of rotatable bonds is 55. The van der Waals surface area contributed by atoms with Gasteiger partial charge in [-0.1, -0.05) is 256 Å². The van der Waals surface area contributed by atoms with Crippen molar-refractivity contribution < 1.29 is 28.6 Å². The molecule has 1 unspecified atom stereocenters. The Kier molecular flexibility index (Phi) is 59.9. The van der Waals surface area contributed by atoms with E-state index in [0.29, 0.717) is 19.3 Å². The van der Waals surface area contributed by atoms with Crippen LogP contribution in [0.1, 0.15) is 265 Å². The van der Waals surface area contributed by atoms with Gasteiger partial charge in [-0.25, -0.2) is 0 Å². The SMILES string of the molecule is CC/C=C\C/C=C\C/C=C\C/C=C\C/C=C\CCCCCCCCCCCCCC(=O)OCC(COC(=O)CCCC/C=C\C/C=C\C/C=C\C/C=C\CC)OC(=O)CCCCCCCCC/C=C\C/C=C\C/C=C\CC. The van der Waals surface area contributed by atoms with Gasteiger partial charge in [0, 0.05) is 19.3 Å². The van der Waals surface area contributed by atoms with Crippen molar-refractivity contribution in [1.82, 2.24) is 0 Å². The van der Waals surface area contributed by atoms with Gasteiger partial charge in [0.1, 0.15) is 13.2 Å². The zero-order valence-electron chi connectivity index (χ0n) is 49.7. The van der Waals surface area contributed by atoms with Gasteiger partial charge >= 0.3 is 17.9 Å². The summed E-state index contributed by atoms with van der Waals surface area (Å²) in [6, 6.07) is 0. The summed E-state index contributed by atoms with van der Waals surface area (Å²) in [5.74, 6) is -0.958. The molecule has 0 saturated heterocycles. The van der Waals surface area contributed by atoms with E-state index in [9.17, 15) is 14.4 Å². The van der Waals surface area contributed by atoms with E-state index in [1.54, 1.807) is 0 Å². The zero-order chi connectivity index (χ0) is 55.7. The minimum absolute atomic E-state index is 0.102. The third-order valence-electron chi connectivity index (χ3n) is 12.8. The van der Waals surface area contributed by atoms with E-state index >= 15 is 0 Å². The van der Waals surface area contributed by atoms with Gasteiger partial charge in [0.25, 0.3) is 0 Å². The highest BCUT2D eigenvalue weighted by molar-refractivity contribution is 5.71. The summed E-state index contributed by atoms with van der Waals surface area (Å²) in [4.78, 5) is 38.3. The first-order valence-corrected chi connectivity index (χ1v) is 31.3. The minimum atomic E-state index is -0.809. The van der Waals surface area contributed by atoms with Crippen LogP contribution in [0.2, 0.25) is 0 Å². The van der Waals surface area contributed by atoms with Gasteiger partial charge in [0.05, 0.1) is 0 Å². The minimum Gasteiger partial charge on any atom is -0.462 e. The van der Waals surface area contributed by atoms with E-state index in [1.807, 2.05) is 0 Å². The molecule has 0 saturated carbocycles. The van der Waals surface area contributed by atoms with Gasteiger partial charge in [-0.3, -0.25) is 14.4 Å². The summed E-state index contributed by atoms with van der Waals surface area (Å²) >= 11 is 0. The summed E-state index contributed by atoms with van der Waals surface area (Å²) in [6.07, 6.45) is 91.4. The van der Waals surface area contributed by atoms with Crippen LogP contribution in [-0.2, 0) is 28.6 Å². The lowest BCUT2D eigenvalue weighted by Gasteiger charge is -2.18. The molecule has 0 bridgehead atoms. The van der Waals surface area contributed by atoms with Crippen molar-refractivity contribution in [2.24, 2.45) is 0 Å². The maximum absolute atomic E-state index is 12.9. The fourth-order valence-electron chi connectivity index (χ4n) is 8.24. The Labute approximate surface area is 474 Å². The Morgan fingerprint density at radius 1 is 0.260 bits per heavy atom. The Bertz CT molecular complexity index is 1700. The molecule has 0 N–H and O–H groups in total. The predicted molar refractivity (Wildman–Crippen MR) is 334 cm³/mol. The van der Waals surface area contributed by atoms with Gasteiger partial charge in [-0.05, 0) is 135 Å². The van der Waals surface area contributed by atoms with Gasteiger partial charge in [-0.2, -0.15) is 0 Å². The number of allylic oxidation sites excluding steroid dienone is 24. The van der Waals surface area contributed by atoms with E-state index < -0.39 is 6.10 Å². The Hall–Kier alpha value is -4.71. The Balaban J connectivity index is 4.39. The van der Waals surface area contributed by atoms with E-state index in [2.05, 4.69) is 167 Å². The molecule has 0 aliphatic carbocycles. The average molecular weight is 1060 g/mol. The number of ether oxygens (including phenoxy) is 3. The van der Waals surface area contributed by atoms with Crippen molar-refractivity contribution in [3.05, 3.63) is 146 Å². The number of esters is 3. The maximum atomic E-state index is 12.9. The largest absolute Gasteiger partial charge is 0.462 e. The predicted octanol–water partition coefficient (Wildman–Crippen LogP) is 21.5. The molecule has 434 valence electrons. The lowest BCUT2D eigenvalue weighted by atomic mass is 10.0. The third-order valence-corrected chi connectivity index (χ3v) is 12.8. The van der Waals surface area contributed by atoms with Crippen LogP contribution in [0, 0.1) is 0 Å². The molecule has 0 amide bonds. The first-order valence-electron chi connectivity index (χ1n) is 31.3. The van der Waals surface area contributed by atoms with Crippen LogP contribution in [0.15, 0.2) is 146 Å². The second-order valence-electron chi connectivity index (χ2n) is 20.2. The Morgan fingerprint density at radius 3 is 0.753 bits per heavy atom. The molecular weight excluding hydrogens is 949 g/mol. The van der Waals surface area contributed by atoms with Crippen LogP contribution in [0.25, 0.3) is 0 Å². The molecular formula is C71H114O6. The van der Waals surface area contributed by atoms with Crippen LogP contribution in [-0.4, -0.2) is 37.2 Å². The maximum Gasteiger partial charge on any atom is 0.306 e. The molecule has 0 aromatic carbocycles. The lowest BCUT2D eigenvalue weighted by molar-refractivity contribution is -0.167. The van der Waals surface area contributed by atoms with Crippen molar-refractivity contribution >= 4 is 17.9 Å². The topological polar surface area (TPSA) is 78.9 Å². The highest BCUT2D eigenvalue weighted by atomic mass is 16.6. The summed E-state index contributed by atoms with van der Waals surface area (Å²) in [5, 5.41) is 0. The van der Waals surface area contributed by atoms with E-state index in [0.717, 1.165) is 141 Å². The van der Waals surface area contributed by atoms with Gasteiger partial charge in [-0.15, -0.1) is 0 Å². The summed E-state index contributed by atoms with van der Waals surface area (Å²) in [6.45, 7) is 6.26. The van der Waals surface area contributed by atoms with E-state index in [-0.39, 0.29) is 31.1 Å². The second kappa shape index (κ2) is 63.8. The van der Waals surface area contributed by atoms with Crippen LogP contribution in [0.3, 0.4) is 0 Å². The highest BCUT2D eigenvalue weighted by Crippen LogP contribution is 2.15. The van der Waals surface area contributed by atoms with Crippen molar-refractivity contribution in [1.29, 1.82) is 0 Å². The number of carbonyl (C=O) groups is 3. The van der Waals surface area contributed by atoms with Crippen molar-refractivity contribution in [2.45, 2.75) is 271 Å². The zero-order valence-corrected chi connectivity index (χ0v) is 49.7. The normalized spacial score (nSPS) is 13.1. The molecule has 6 heteroatoms. The summed E-state index contributed by atoms with van der Waals surface area (Å²) < 4.78 is 16.9. The van der Waals surface area contributed by atoms with Gasteiger partial charge in [0.15, 0.2) is 6.10 Å². The van der Waals surface area contributed by atoms with Gasteiger partial charge in [0.2, 0.25) is 0 Å². The molecule has 0 aliphatic rings. The smallest absolute Gasteiger partial charge is 0.306 e. The molecule has 0 rings (SSSR count).